The molecule has 2 fully saturated rings. The lowest BCUT2D eigenvalue weighted by molar-refractivity contribution is -0.140. The summed E-state index contributed by atoms with van der Waals surface area (Å²) in [5.41, 5.74) is 0.667. The van der Waals surface area contributed by atoms with E-state index < -0.39 is 17.8 Å². The second-order valence-electron chi connectivity index (χ2n) is 7.96. The number of imide groups is 1. The van der Waals surface area contributed by atoms with Crippen molar-refractivity contribution in [3.8, 4) is 5.75 Å². The SMILES string of the molecule is COc1ccc(CN2C(=O)C[C@H](N3CCN(c4cccc(C(F)(F)F)c4)CC3)C2=O)cc1. The lowest BCUT2D eigenvalue weighted by Gasteiger charge is -2.38. The fourth-order valence-electron chi connectivity index (χ4n) is 4.20. The zero-order chi connectivity index (χ0) is 22.9. The smallest absolute Gasteiger partial charge is 0.416 e. The fraction of sp³-hybridized carbons (Fsp3) is 0.391. The van der Waals surface area contributed by atoms with Crippen LogP contribution in [0.3, 0.4) is 0 Å². The maximum atomic E-state index is 13.0. The normalized spacial score (nSPS) is 20.2. The molecule has 170 valence electrons. The van der Waals surface area contributed by atoms with Crippen molar-refractivity contribution < 1.29 is 27.5 Å². The summed E-state index contributed by atoms with van der Waals surface area (Å²) < 4.78 is 44.1. The van der Waals surface area contributed by atoms with E-state index in [1.807, 2.05) is 21.9 Å². The summed E-state index contributed by atoms with van der Waals surface area (Å²) in [6.45, 7) is 2.17. The highest BCUT2D eigenvalue weighted by Gasteiger charge is 2.42. The van der Waals surface area contributed by atoms with Crippen LogP contribution < -0.4 is 9.64 Å². The Morgan fingerprint density at radius 2 is 1.69 bits per heavy atom. The number of hydrogen-bond acceptors (Lipinski definition) is 5. The molecule has 2 aliphatic rings. The minimum Gasteiger partial charge on any atom is -0.497 e. The van der Waals surface area contributed by atoms with Crippen LogP contribution >= 0.6 is 0 Å². The minimum absolute atomic E-state index is 0.124. The second kappa shape index (κ2) is 8.82. The van der Waals surface area contributed by atoms with Crippen LogP contribution in [0.2, 0.25) is 0 Å². The number of alkyl halides is 3. The van der Waals surface area contributed by atoms with Crippen molar-refractivity contribution in [3.05, 3.63) is 59.7 Å². The van der Waals surface area contributed by atoms with Crippen LogP contribution in [0.5, 0.6) is 5.75 Å². The molecule has 2 amide bonds. The van der Waals surface area contributed by atoms with Gasteiger partial charge in [-0.25, -0.2) is 0 Å². The number of piperazine rings is 1. The molecule has 0 spiro atoms. The molecule has 2 heterocycles. The van der Waals surface area contributed by atoms with Crippen LogP contribution in [0.1, 0.15) is 17.5 Å². The van der Waals surface area contributed by atoms with Crippen molar-refractivity contribution in [1.82, 2.24) is 9.80 Å². The monoisotopic (exact) mass is 447 g/mol. The largest absolute Gasteiger partial charge is 0.497 e. The Balaban J connectivity index is 1.37. The average Bonchev–Trinajstić information content (AvgIpc) is 3.07. The van der Waals surface area contributed by atoms with Crippen molar-refractivity contribution in [3.63, 3.8) is 0 Å². The number of likely N-dealkylation sites (tertiary alicyclic amines) is 1. The maximum Gasteiger partial charge on any atom is 0.416 e. The van der Waals surface area contributed by atoms with Crippen molar-refractivity contribution in [2.45, 2.75) is 25.2 Å². The number of nitrogens with zero attached hydrogens (tertiary/aromatic N) is 3. The average molecular weight is 447 g/mol. The molecule has 2 aromatic carbocycles. The predicted octanol–water partition coefficient (Wildman–Crippen LogP) is 3.16. The Hall–Kier alpha value is -3.07. The lowest BCUT2D eigenvalue weighted by Crippen LogP contribution is -2.52. The number of methoxy groups -OCH3 is 1. The predicted molar refractivity (Wildman–Crippen MR) is 112 cm³/mol. The third-order valence-electron chi connectivity index (χ3n) is 6.01. The summed E-state index contributed by atoms with van der Waals surface area (Å²) in [6.07, 6.45) is -4.26. The number of halogens is 3. The Labute approximate surface area is 184 Å². The molecule has 2 aliphatic heterocycles. The first-order chi connectivity index (χ1) is 15.3. The molecule has 2 aromatic rings. The van der Waals surface area contributed by atoms with Crippen molar-refractivity contribution in [1.29, 1.82) is 0 Å². The topological polar surface area (TPSA) is 53.1 Å². The van der Waals surface area contributed by atoms with Gasteiger partial charge in [-0.15, -0.1) is 0 Å². The summed E-state index contributed by atoms with van der Waals surface area (Å²) in [7, 11) is 1.57. The van der Waals surface area contributed by atoms with E-state index in [1.54, 1.807) is 25.3 Å². The van der Waals surface area contributed by atoms with E-state index in [-0.39, 0.29) is 24.8 Å². The number of amides is 2. The van der Waals surface area contributed by atoms with Crippen LogP contribution in [0.25, 0.3) is 0 Å². The highest BCUT2D eigenvalue weighted by atomic mass is 19.4. The molecule has 6 nitrogen and oxygen atoms in total. The van der Waals surface area contributed by atoms with Crippen LogP contribution in [0.15, 0.2) is 48.5 Å². The Kier molecular flexibility index (Phi) is 6.10. The van der Waals surface area contributed by atoms with E-state index >= 15 is 0 Å². The number of carbonyl (C=O) groups is 2. The molecule has 4 rings (SSSR count). The Morgan fingerprint density at radius 3 is 2.31 bits per heavy atom. The molecular formula is C23H24F3N3O3. The van der Waals surface area contributed by atoms with E-state index in [0.29, 0.717) is 37.6 Å². The van der Waals surface area contributed by atoms with Crippen molar-refractivity contribution in [2.24, 2.45) is 0 Å². The molecule has 0 aliphatic carbocycles. The van der Waals surface area contributed by atoms with Gasteiger partial charge in [-0.3, -0.25) is 19.4 Å². The standard InChI is InChI=1S/C23H24F3N3O3/c1-32-19-7-5-16(6-8-19)15-29-21(30)14-20(22(29)31)28-11-9-27(10-12-28)18-4-2-3-17(13-18)23(24,25)26/h2-8,13,20H,9-12,14-15H2,1H3/t20-/m0/s1. The van der Waals surface area contributed by atoms with Crippen molar-refractivity contribution in [2.75, 3.05) is 38.2 Å². The molecule has 2 saturated heterocycles. The summed E-state index contributed by atoms with van der Waals surface area (Å²) >= 11 is 0. The first kappa shape index (κ1) is 22.1. The van der Waals surface area contributed by atoms with Gasteiger partial charge in [0.1, 0.15) is 5.75 Å². The molecule has 0 radical (unpaired) electrons. The van der Waals surface area contributed by atoms with Crippen LogP contribution in [-0.4, -0.2) is 60.9 Å². The minimum atomic E-state index is -4.39. The molecule has 0 unspecified atom stereocenters. The fourth-order valence-corrected chi connectivity index (χ4v) is 4.20. The van der Waals surface area contributed by atoms with Crippen LogP contribution in [0.4, 0.5) is 18.9 Å². The molecule has 1 atom stereocenters. The molecule has 9 heteroatoms. The molecule has 32 heavy (non-hydrogen) atoms. The lowest BCUT2D eigenvalue weighted by atomic mass is 10.1. The first-order valence-corrected chi connectivity index (χ1v) is 10.4. The number of carbonyl (C=O) groups excluding carboxylic acids is 2. The zero-order valence-electron chi connectivity index (χ0n) is 17.6. The third-order valence-corrected chi connectivity index (χ3v) is 6.01. The highest BCUT2D eigenvalue weighted by Crippen LogP contribution is 2.32. The molecule has 0 aromatic heterocycles. The summed E-state index contributed by atoms with van der Waals surface area (Å²) in [4.78, 5) is 30.6. The first-order valence-electron chi connectivity index (χ1n) is 10.4. The van der Waals surface area contributed by atoms with E-state index in [9.17, 15) is 22.8 Å². The van der Waals surface area contributed by atoms with E-state index in [0.717, 1.165) is 17.7 Å². The van der Waals surface area contributed by atoms with Crippen LogP contribution in [-0.2, 0) is 22.3 Å². The second-order valence-corrected chi connectivity index (χ2v) is 7.96. The van der Waals surface area contributed by atoms with Gasteiger partial charge in [-0.05, 0) is 35.9 Å². The third kappa shape index (κ3) is 4.57. The maximum absolute atomic E-state index is 13.0. The number of anilines is 1. The molecule has 0 N–H and O–H groups in total. The number of benzene rings is 2. The van der Waals surface area contributed by atoms with Gasteiger partial charge >= 0.3 is 6.18 Å². The van der Waals surface area contributed by atoms with Gasteiger partial charge in [0.25, 0.3) is 0 Å². The number of rotatable bonds is 5. The molecule has 0 bridgehead atoms. The highest BCUT2D eigenvalue weighted by molar-refractivity contribution is 6.05. The van der Waals surface area contributed by atoms with E-state index in [4.69, 9.17) is 4.74 Å². The Bertz CT molecular complexity index is 986. The van der Waals surface area contributed by atoms with Gasteiger partial charge < -0.3 is 9.64 Å². The summed E-state index contributed by atoms with van der Waals surface area (Å²) in [6, 6.07) is 11.9. The Morgan fingerprint density at radius 1 is 1.00 bits per heavy atom. The number of hydrogen-bond donors (Lipinski definition) is 0. The van der Waals surface area contributed by atoms with Crippen LogP contribution in [0, 0.1) is 0 Å². The van der Waals surface area contributed by atoms with Gasteiger partial charge in [0.05, 0.1) is 31.7 Å². The summed E-state index contributed by atoms with van der Waals surface area (Å²) in [5, 5.41) is 0. The zero-order valence-corrected chi connectivity index (χ0v) is 17.6. The van der Waals surface area contributed by atoms with Gasteiger partial charge in [0.15, 0.2) is 0 Å². The summed E-state index contributed by atoms with van der Waals surface area (Å²) in [5.74, 6) is 0.263. The molecule has 0 saturated carbocycles. The van der Waals surface area contributed by atoms with Gasteiger partial charge in [0.2, 0.25) is 11.8 Å². The van der Waals surface area contributed by atoms with Gasteiger partial charge in [-0.1, -0.05) is 18.2 Å². The quantitative estimate of drug-likeness (QED) is 0.660. The van der Waals surface area contributed by atoms with E-state index in [1.165, 1.54) is 11.0 Å². The van der Waals surface area contributed by atoms with Gasteiger partial charge in [0, 0.05) is 31.9 Å². The van der Waals surface area contributed by atoms with Gasteiger partial charge in [-0.2, -0.15) is 13.2 Å². The van der Waals surface area contributed by atoms with E-state index in [2.05, 4.69) is 0 Å². The number of ether oxygens (including phenoxy) is 1. The molecular weight excluding hydrogens is 423 g/mol. The van der Waals surface area contributed by atoms with Crippen molar-refractivity contribution >= 4 is 17.5 Å².